The van der Waals surface area contributed by atoms with E-state index in [1.54, 1.807) is 16.8 Å². The maximum absolute atomic E-state index is 8.28. The van der Waals surface area contributed by atoms with Crippen LogP contribution in [0.25, 0.3) is 0 Å². The normalized spacial score (nSPS) is 14.0. The summed E-state index contributed by atoms with van der Waals surface area (Å²) in [6.07, 6.45) is 1.50. The van der Waals surface area contributed by atoms with Gasteiger partial charge < -0.3 is 5.21 Å². The van der Waals surface area contributed by atoms with Gasteiger partial charge in [0.1, 0.15) is 0 Å². The fourth-order valence-corrected chi connectivity index (χ4v) is 1.74. The SMILES string of the molecule is Cc1ncsc1C(C)/C=N\O. The van der Waals surface area contributed by atoms with Crippen molar-refractivity contribution in [3.05, 3.63) is 16.1 Å². The second-order valence-corrected chi connectivity index (χ2v) is 3.24. The Balaban J connectivity index is 2.83. The topological polar surface area (TPSA) is 45.5 Å². The molecule has 11 heavy (non-hydrogen) atoms. The molecular formula is C7H10N2OS. The van der Waals surface area contributed by atoms with Crippen molar-refractivity contribution < 1.29 is 5.21 Å². The number of rotatable bonds is 2. The zero-order valence-electron chi connectivity index (χ0n) is 6.48. The number of oxime groups is 1. The molecule has 1 unspecified atom stereocenters. The second kappa shape index (κ2) is 3.48. The zero-order valence-corrected chi connectivity index (χ0v) is 7.30. The number of hydrogen-bond donors (Lipinski definition) is 1. The molecule has 1 aromatic heterocycles. The molecule has 0 saturated carbocycles. The van der Waals surface area contributed by atoms with Crippen molar-refractivity contribution in [1.29, 1.82) is 0 Å². The molecule has 4 heteroatoms. The van der Waals surface area contributed by atoms with Gasteiger partial charge in [-0.15, -0.1) is 16.5 Å². The Labute approximate surface area is 69.4 Å². The van der Waals surface area contributed by atoms with Crippen LogP contribution in [0.1, 0.15) is 23.4 Å². The van der Waals surface area contributed by atoms with Gasteiger partial charge in [-0.05, 0) is 6.92 Å². The molecule has 1 rings (SSSR count). The van der Waals surface area contributed by atoms with Crippen molar-refractivity contribution >= 4 is 17.6 Å². The molecule has 1 N–H and O–H groups in total. The van der Waals surface area contributed by atoms with Gasteiger partial charge in [-0.1, -0.05) is 6.92 Å². The summed E-state index contributed by atoms with van der Waals surface area (Å²) in [4.78, 5) is 5.25. The first-order valence-corrected chi connectivity index (χ1v) is 4.21. The molecule has 3 nitrogen and oxygen atoms in total. The molecular weight excluding hydrogens is 160 g/mol. The molecule has 1 heterocycles. The Morgan fingerprint density at radius 3 is 3.00 bits per heavy atom. The van der Waals surface area contributed by atoms with E-state index < -0.39 is 0 Å². The minimum absolute atomic E-state index is 0.160. The number of thiazole rings is 1. The Kier molecular flexibility index (Phi) is 2.59. The molecule has 0 saturated heterocycles. The van der Waals surface area contributed by atoms with Gasteiger partial charge in [0, 0.05) is 10.8 Å². The maximum Gasteiger partial charge on any atom is 0.0797 e. The Morgan fingerprint density at radius 2 is 2.55 bits per heavy atom. The first-order chi connectivity index (χ1) is 5.25. The monoisotopic (exact) mass is 170 g/mol. The summed E-state index contributed by atoms with van der Waals surface area (Å²) in [5.74, 6) is 0.160. The summed E-state index contributed by atoms with van der Waals surface area (Å²) in [6, 6.07) is 0. The third-order valence-electron chi connectivity index (χ3n) is 1.49. The van der Waals surface area contributed by atoms with Crippen molar-refractivity contribution in [2.75, 3.05) is 0 Å². The van der Waals surface area contributed by atoms with Crippen LogP contribution < -0.4 is 0 Å². The summed E-state index contributed by atoms with van der Waals surface area (Å²) in [6.45, 7) is 3.92. The lowest BCUT2D eigenvalue weighted by Crippen LogP contribution is -1.93. The van der Waals surface area contributed by atoms with E-state index in [2.05, 4.69) is 10.1 Å². The van der Waals surface area contributed by atoms with E-state index >= 15 is 0 Å². The van der Waals surface area contributed by atoms with Gasteiger partial charge in [0.25, 0.3) is 0 Å². The third kappa shape index (κ3) is 1.77. The van der Waals surface area contributed by atoms with Crippen molar-refractivity contribution in [3.8, 4) is 0 Å². The van der Waals surface area contributed by atoms with Crippen LogP contribution in [0.4, 0.5) is 0 Å². The molecule has 1 atom stereocenters. The van der Waals surface area contributed by atoms with E-state index in [4.69, 9.17) is 5.21 Å². The predicted molar refractivity (Wildman–Crippen MR) is 45.5 cm³/mol. The van der Waals surface area contributed by atoms with Crippen LogP contribution in [-0.4, -0.2) is 16.4 Å². The lowest BCUT2D eigenvalue weighted by atomic mass is 10.1. The molecule has 0 spiro atoms. The van der Waals surface area contributed by atoms with E-state index in [0.717, 1.165) is 10.6 Å². The summed E-state index contributed by atoms with van der Waals surface area (Å²) in [7, 11) is 0. The van der Waals surface area contributed by atoms with E-state index in [9.17, 15) is 0 Å². The Morgan fingerprint density at radius 1 is 1.82 bits per heavy atom. The first-order valence-electron chi connectivity index (χ1n) is 3.33. The van der Waals surface area contributed by atoms with Gasteiger partial charge >= 0.3 is 0 Å². The van der Waals surface area contributed by atoms with Gasteiger partial charge in [0.2, 0.25) is 0 Å². The summed E-state index contributed by atoms with van der Waals surface area (Å²) in [5, 5.41) is 11.3. The number of hydrogen-bond acceptors (Lipinski definition) is 4. The molecule has 1 aromatic rings. The van der Waals surface area contributed by atoms with Gasteiger partial charge in [-0.3, -0.25) is 0 Å². The minimum Gasteiger partial charge on any atom is -0.411 e. The average molecular weight is 170 g/mol. The number of aryl methyl sites for hydroxylation is 1. The molecule has 0 radical (unpaired) electrons. The highest BCUT2D eigenvalue weighted by Gasteiger charge is 2.07. The van der Waals surface area contributed by atoms with Crippen molar-refractivity contribution in [2.24, 2.45) is 5.16 Å². The molecule has 0 amide bonds. The summed E-state index contributed by atoms with van der Waals surface area (Å²) >= 11 is 1.58. The van der Waals surface area contributed by atoms with Crippen LogP contribution in [0.2, 0.25) is 0 Å². The van der Waals surface area contributed by atoms with E-state index in [1.807, 2.05) is 13.8 Å². The van der Waals surface area contributed by atoms with Crippen LogP contribution in [-0.2, 0) is 0 Å². The van der Waals surface area contributed by atoms with Crippen LogP contribution in [0.3, 0.4) is 0 Å². The van der Waals surface area contributed by atoms with Crippen molar-refractivity contribution in [2.45, 2.75) is 19.8 Å². The highest BCUT2D eigenvalue weighted by atomic mass is 32.1. The van der Waals surface area contributed by atoms with Gasteiger partial charge in [0.15, 0.2) is 0 Å². The fraction of sp³-hybridized carbons (Fsp3) is 0.429. The summed E-state index contributed by atoms with van der Waals surface area (Å²) in [5.41, 5.74) is 2.81. The van der Waals surface area contributed by atoms with Crippen LogP contribution in [0, 0.1) is 6.92 Å². The van der Waals surface area contributed by atoms with Crippen LogP contribution in [0.5, 0.6) is 0 Å². The van der Waals surface area contributed by atoms with E-state index in [-0.39, 0.29) is 5.92 Å². The van der Waals surface area contributed by atoms with Crippen molar-refractivity contribution in [3.63, 3.8) is 0 Å². The largest absolute Gasteiger partial charge is 0.411 e. The highest BCUT2D eigenvalue weighted by molar-refractivity contribution is 7.09. The van der Waals surface area contributed by atoms with Crippen molar-refractivity contribution in [1.82, 2.24) is 4.98 Å². The van der Waals surface area contributed by atoms with Crippen LogP contribution in [0.15, 0.2) is 10.7 Å². The highest BCUT2D eigenvalue weighted by Crippen LogP contribution is 2.21. The zero-order chi connectivity index (χ0) is 8.27. The number of nitrogens with zero attached hydrogens (tertiary/aromatic N) is 2. The minimum atomic E-state index is 0.160. The standard InChI is InChI=1S/C7H10N2OS/c1-5(3-9-10)7-6(2)8-4-11-7/h3-5,10H,1-2H3/b9-3-. The molecule has 0 aliphatic rings. The molecule has 0 aromatic carbocycles. The Bertz CT molecular complexity index is 257. The van der Waals surface area contributed by atoms with E-state index in [0.29, 0.717) is 0 Å². The Hall–Kier alpha value is -0.900. The summed E-state index contributed by atoms with van der Waals surface area (Å²) < 4.78 is 0. The fourth-order valence-electron chi connectivity index (χ4n) is 0.916. The molecule has 0 fully saturated rings. The third-order valence-corrected chi connectivity index (χ3v) is 2.62. The quantitative estimate of drug-likeness (QED) is 0.419. The smallest absolute Gasteiger partial charge is 0.0797 e. The van der Waals surface area contributed by atoms with E-state index in [1.165, 1.54) is 6.21 Å². The maximum atomic E-state index is 8.28. The van der Waals surface area contributed by atoms with Gasteiger partial charge in [0.05, 0.1) is 17.4 Å². The predicted octanol–water partition coefficient (Wildman–Crippen LogP) is 2.02. The molecule has 0 aliphatic carbocycles. The lowest BCUT2D eigenvalue weighted by Gasteiger charge is -2.00. The lowest BCUT2D eigenvalue weighted by molar-refractivity contribution is 0.320. The van der Waals surface area contributed by atoms with Gasteiger partial charge in [-0.25, -0.2) is 4.98 Å². The second-order valence-electron chi connectivity index (χ2n) is 2.36. The number of aromatic nitrogens is 1. The average Bonchev–Trinajstić information content (AvgIpc) is 2.36. The molecule has 0 aliphatic heterocycles. The van der Waals surface area contributed by atoms with Crippen LogP contribution >= 0.6 is 11.3 Å². The first kappa shape index (κ1) is 8.20. The van der Waals surface area contributed by atoms with Gasteiger partial charge in [-0.2, -0.15) is 0 Å². The molecule has 60 valence electrons. The molecule has 0 bridgehead atoms.